The van der Waals surface area contributed by atoms with Crippen LogP contribution in [0.25, 0.3) is 0 Å². The van der Waals surface area contributed by atoms with Crippen molar-refractivity contribution < 1.29 is 0 Å². The molecule has 0 aliphatic heterocycles. The number of aryl methyl sites for hydroxylation is 1. The van der Waals surface area contributed by atoms with Gasteiger partial charge in [0.25, 0.3) is 0 Å². The minimum absolute atomic E-state index is 0.234. The predicted octanol–water partition coefficient (Wildman–Crippen LogP) is 2.02. The van der Waals surface area contributed by atoms with Gasteiger partial charge in [0.05, 0.1) is 11.6 Å². The molecule has 0 spiro atoms. The molecule has 1 rings (SSSR count). The molecule has 0 aliphatic rings. The smallest absolute Gasteiger partial charge is 0.0994 e. The first-order valence-electron chi connectivity index (χ1n) is 4.96. The normalized spacial score (nSPS) is 10.9. The Morgan fingerprint density at radius 1 is 1.47 bits per heavy atom. The summed E-state index contributed by atoms with van der Waals surface area (Å²) in [6.45, 7) is 6.57. The predicted molar refractivity (Wildman–Crippen MR) is 62.7 cm³/mol. The monoisotopic (exact) mass is 203 g/mol. The molecule has 1 aromatic rings. The summed E-state index contributed by atoms with van der Waals surface area (Å²) in [6, 6.07) is 7.83. The Hall–Kier alpha value is -1.53. The summed E-state index contributed by atoms with van der Waals surface area (Å²) in [7, 11) is 0. The van der Waals surface area contributed by atoms with Crippen LogP contribution >= 0.6 is 0 Å². The Kier molecular flexibility index (Phi) is 3.33. The van der Waals surface area contributed by atoms with E-state index in [-0.39, 0.29) is 5.54 Å². The Morgan fingerprint density at radius 3 is 2.60 bits per heavy atom. The van der Waals surface area contributed by atoms with Gasteiger partial charge in [0.2, 0.25) is 0 Å². The summed E-state index contributed by atoms with van der Waals surface area (Å²) < 4.78 is 0. The van der Waals surface area contributed by atoms with E-state index in [2.05, 4.69) is 11.4 Å². The lowest BCUT2D eigenvalue weighted by Crippen LogP contribution is -2.39. The molecule has 3 nitrogen and oxygen atoms in total. The Bertz CT molecular complexity index is 383. The van der Waals surface area contributed by atoms with E-state index < -0.39 is 0 Å². The van der Waals surface area contributed by atoms with Crippen molar-refractivity contribution in [1.82, 2.24) is 0 Å². The van der Waals surface area contributed by atoms with Gasteiger partial charge in [-0.05, 0) is 44.5 Å². The van der Waals surface area contributed by atoms with Crippen molar-refractivity contribution >= 4 is 5.69 Å². The van der Waals surface area contributed by atoms with Crippen LogP contribution in [0, 0.1) is 18.3 Å². The van der Waals surface area contributed by atoms with Gasteiger partial charge in [0, 0.05) is 17.8 Å². The van der Waals surface area contributed by atoms with Gasteiger partial charge >= 0.3 is 0 Å². The summed E-state index contributed by atoms with van der Waals surface area (Å²) >= 11 is 0. The van der Waals surface area contributed by atoms with Crippen LogP contribution in [-0.2, 0) is 0 Å². The van der Waals surface area contributed by atoms with Crippen LogP contribution < -0.4 is 11.1 Å². The van der Waals surface area contributed by atoms with E-state index in [0.29, 0.717) is 12.1 Å². The van der Waals surface area contributed by atoms with E-state index in [0.717, 1.165) is 11.3 Å². The van der Waals surface area contributed by atoms with Crippen molar-refractivity contribution in [2.24, 2.45) is 5.73 Å². The fraction of sp³-hybridized carbons (Fsp3) is 0.417. The topological polar surface area (TPSA) is 61.8 Å². The number of benzene rings is 1. The zero-order chi connectivity index (χ0) is 11.5. The third-order valence-corrected chi connectivity index (χ3v) is 2.09. The van der Waals surface area contributed by atoms with Gasteiger partial charge in [-0.1, -0.05) is 0 Å². The van der Waals surface area contributed by atoms with E-state index in [1.165, 1.54) is 0 Å². The van der Waals surface area contributed by atoms with E-state index in [9.17, 15) is 0 Å². The quantitative estimate of drug-likeness (QED) is 0.790. The molecule has 0 aliphatic carbocycles. The number of nitrogens with zero attached hydrogens (tertiary/aromatic N) is 1. The number of hydrogen-bond donors (Lipinski definition) is 2. The Labute approximate surface area is 90.9 Å². The number of hydrogen-bond acceptors (Lipinski definition) is 3. The van der Waals surface area contributed by atoms with Crippen molar-refractivity contribution in [2.75, 3.05) is 11.9 Å². The van der Waals surface area contributed by atoms with E-state index in [1.54, 1.807) is 0 Å². The second-order valence-electron chi connectivity index (χ2n) is 4.48. The fourth-order valence-corrected chi connectivity index (χ4v) is 1.23. The summed E-state index contributed by atoms with van der Waals surface area (Å²) in [4.78, 5) is 0. The molecule has 0 amide bonds. The molecule has 3 heteroatoms. The molecule has 15 heavy (non-hydrogen) atoms. The molecule has 0 bridgehead atoms. The summed E-state index contributed by atoms with van der Waals surface area (Å²) in [5.74, 6) is 0. The molecule has 0 saturated heterocycles. The van der Waals surface area contributed by atoms with Crippen molar-refractivity contribution in [2.45, 2.75) is 26.3 Å². The highest BCUT2D eigenvalue weighted by Gasteiger charge is 2.09. The molecule has 0 unspecified atom stereocenters. The van der Waals surface area contributed by atoms with Crippen molar-refractivity contribution in [3.05, 3.63) is 29.3 Å². The van der Waals surface area contributed by atoms with E-state index in [1.807, 2.05) is 39.0 Å². The second-order valence-corrected chi connectivity index (χ2v) is 4.48. The van der Waals surface area contributed by atoms with E-state index >= 15 is 0 Å². The van der Waals surface area contributed by atoms with Crippen molar-refractivity contribution in [3.8, 4) is 6.07 Å². The van der Waals surface area contributed by atoms with Crippen LogP contribution in [0.3, 0.4) is 0 Å². The highest BCUT2D eigenvalue weighted by atomic mass is 14.9. The zero-order valence-corrected chi connectivity index (χ0v) is 9.46. The molecule has 0 radical (unpaired) electrons. The molecule has 0 saturated carbocycles. The minimum Gasteiger partial charge on any atom is -0.383 e. The summed E-state index contributed by atoms with van der Waals surface area (Å²) in [6.07, 6.45) is 0. The highest BCUT2D eigenvalue weighted by Crippen LogP contribution is 2.14. The van der Waals surface area contributed by atoms with E-state index in [4.69, 9.17) is 11.0 Å². The van der Waals surface area contributed by atoms with Gasteiger partial charge in [-0.25, -0.2) is 0 Å². The third kappa shape index (κ3) is 3.61. The molecule has 3 N–H and O–H groups in total. The standard InChI is InChI=1S/C12H17N3/c1-9-6-11(5-4-10(9)7-13)15-8-12(2,3)14/h4-6,15H,8,14H2,1-3H3. The van der Waals surface area contributed by atoms with Crippen molar-refractivity contribution in [3.63, 3.8) is 0 Å². The Balaban J connectivity index is 2.73. The van der Waals surface area contributed by atoms with Crippen LogP contribution in [0.4, 0.5) is 5.69 Å². The lowest BCUT2D eigenvalue weighted by Gasteiger charge is -2.20. The van der Waals surface area contributed by atoms with Crippen LogP contribution in [-0.4, -0.2) is 12.1 Å². The van der Waals surface area contributed by atoms with Crippen LogP contribution in [0.1, 0.15) is 25.0 Å². The van der Waals surface area contributed by atoms with Crippen LogP contribution in [0.2, 0.25) is 0 Å². The molecular weight excluding hydrogens is 186 g/mol. The van der Waals surface area contributed by atoms with Gasteiger partial charge in [-0.15, -0.1) is 0 Å². The summed E-state index contributed by atoms with van der Waals surface area (Å²) in [5.41, 5.74) is 8.33. The highest BCUT2D eigenvalue weighted by molar-refractivity contribution is 5.51. The number of anilines is 1. The van der Waals surface area contributed by atoms with Gasteiger partial charge in [0.15, 0.2) is 0 Å². The van der Waals surface area contributed by atoms with Crippen LogP contribution in [0.5, 0.6) is 0 Å². The molecular formula is C12H17N3. The molecule has 0 fully saturated rings. The molecule has 0 heterocycles. The maximum absolute atomic E-state index is 8.78. The number of rotatable bonds is 3. The van der Waals surface area contributed by atoms with Crippen LogP contribution in [0.15, 0.2) is 18.2 Å². The van der Waals surface area contributed by atoms with Gasteiger partial charge in [0.1, 0.15) is 0 Å². The minimum atomic E-state index is -0.234. The second kappa shape index (κ2) is 4.33. The number of nitrogens with one attached hydrogen (secondary N) is 1. The van der Waals surface area contributed by atoms with Gasteiger partial charge < -0.3 is 11.1 Å². The third-order valence-electron chi connectivity index (χ3n) is 2.09. The lowest BCUT2D eigenvalue weighted by atomic mass is 10.1. The average molecular weight is 203 g/mol. The lowest BCUT2D eigenvalue weighted by molar-refractivity contribution is 0.549. The SMILES string of the molecule is Cc1cc(NCC(C)(C)N)ccc1C#N. The first-order valence-corrected chi connectivity index (χ1v) is 4.96. The molecule has 0 aromatic heterocycles. The first-order chi connectivity index (χ1) is 6.92. The maximum Gasteiger partial charge on any atom is 0.0994 e. The largest absolute Gasteiger partial charge is 0.383 e. The average Bonchev–Trinajstić information content (AvgIpc) is 2.14. The Morgan fingerprint density at radius 2 is 2.13 bits per heavy atom. The molecule has 0 atom stereocenters. The fourth-order valence-electron chi connectivity index (χ4n) is 1.23. The summed E-state index contributed by atoms with van der Waals surface area (Å²) in [5, 5.41) is 12.0. The number of nitriles is 1. The maximum atomic E-state index is 8.78. The molecule has 80 valence electrons. The van der Waals surface area contributed by atoms with Gasteiger partial charge in [-0.3, -0.25) is 0 Å². The first kappa shape index (κ1) is 11.5. The number of nitrogens with two attached hydrogens (primary N) is 1. The van der Waals surface area contributed by atoms with Crippen molar-refractivity contribution in [1.29, 1.82) is 5.26 Å². The molecule has 1 aromatic carbocycles. The zero-order valence-electron chi connectivity index (χ0n) is 9.46. The van der Waals surface area contributed by atoms with Gasteiger partial charge in [-0.2, -0.15) is 5.26 Å².